The lowest BCUT2D eigenvalue weighted by Crippen LogP contribution is -2.11. The van der Waals surface area contributed by atoms with Crippen LogP contribution in [-0.2, 0) is 6.18 Å². The Bertz CT molecular complexity index is 488. The Morgan fingerprint density at radius 2 is 2.00 bits per heavy atom. The van der Waals surface area contributed by atoms with E-state index in [1.54, 1.807) is 6.07 Å². The second-order valence-corrected chi connectivity index (χ2v) is 4.13. The third-order valence-electron chi connectivity index (χ3n) is 1.89. The molecule has 0 saturated carbocycles. The van der Waals surface area contributed by atoms with Gasteiger partial charge in [0.05, 0.1) is 17.2 Å². The van der Waals surface area contributed by atoms with E-state index in [-0.39, 0.29) is 14.7 Å². The summed E-state index contributed by atoms with van der Waals surface area (Å²) in [7, 11) is 0. The molecule has 2 nitrogen and oxygen atoms in total. The number of nitriles is 1. The minimum atomic E-state index is -4.56. The van der Waals surface area contributed by atoms with Crippen LogP contribution in [0.25, 0.3) is 0 Å². The van der Waals surface area contributed by atoms with Crippen LogP contribution >= 0.6 is 22.6 Å². The first-order valence-corrected chi connectivity index (χ1v) is 5.17. The Balaban J connectivity index is 3.58. The highest BCUT2D eigenvalue weighted by Crippen LogP contribution is 2.35. The number of rotatable bonds is 1. The van der Waals surface area contributed by atoms with Gasteiger partial charge in [0.15, 0.2) is 5.78 Å². The summed E-state index contributed by atoms with van der Waals surface area (Å²) < 4.78 is 37.6. The zero-order valence-electron chi connectivity index (χ0n) is 8.02. The predicted molar refractivity (Wildman–Crippen MR) is 58.9 cm³/mol. The predicted octanol–water partition coefficient (Wildman–Crippen LogP) is 3.38. The minimum absolute atomic E-state index is 0.0769. The zero-order valence-corrected chi connectivity index (χ0v) is 10.2. The molecule has 0 aliphatic heterocycles. The van der Waals surface area contributed by atoms with Crippen LogP contribution in [0.2, 0.25) is 0 Å². The summed E-state index contributed by atoms with van der Waals surface area (Å²) in [6, 6.07) is 3.52. The number of alkyl halides is 3. The number of carbonyl (C=O) groups excluding carboxylic acids is 1. The maximum atomic E-state index is 12.6. The van der Waals surface area contributed by atoms with Gasteiger partial charge in [-0.1, -0.05) is 0 Å². The Labute approximate surface area is 103 Å². The highest BCUT2D eigenvalue weighted by Gasteiger charge is 2.34. The van der Waals surface area contributed by atoms with Crippen LogP contribution in [0.5, 0.6) is 0 Å². The van der Waals surface area contributed by atoms with Crippen molar-refractivity contribution in [3.05, 3.63) is 32.4 Å². The molecule has 0 aliphatic rings. The summed E-state index contributed by atoms with van der Waals surface area (Å²) in [5, 5.41) is 8.59. The fourth-order valence-corrected chi connectivity index (χ4v) is 2.15. The molecular weight excluding hydrogens is 334 g/mol. The van der Waals surface area contributed by atoms with Gasteiger partial charge in [-0.2, -0.15) is 18.4 Å². The molecular formula is C10H5F3INO. The molecule has 6 heteroatoms. The molecule has 0 bridgehead atoms. The van der Waals surface area contributed by atoms with E-state index in [0.717, 1.165) is 6.07 Å². The van der Waals surface area contributed by atoms with Gasteiger partial charge >= 0.3 is 6.18 Å². The highest BCUT2D eigenvalue weighted by atomic mass is 127. The average molecular weight is 339 g/mol. The van der Waals surface area contributed by atoms with Crippen LogP contribution < -0.4 is 0 Å². The first-order valence-electron chi connectivity index (χ1n) is 4.09. The molecule has 0 aliphatic carbocycles. The van der Waals surface area contributed by atoms with Gasteiger partial charge in [-0.25, -0.2) is 0 Å². The SMILES string of the molecule is CC(=O)c1cc(C#N)cc(C(F)(F)F)c1I. The molecule has 0 aromatic heterocycles. The van der Waals surface area contributed by atoms with Crippen molar-refractivity contribution in [2.45, 2.75) is 13.1 Å². The van der Waals surface area contributed by atoms with Crippen molar-refractivity contribution in [2.75, 3.05) is 0 Å². The third-order valence-corrected chi connectivity index (χ3v) is 3.05. The van der Waals surface area contributed by atoms with Gasteiger partial charge < -0.3 is 0 Å². The summed E-state index contributed by atoms with van der Waals surface area (Å²) >= 11 is 1.46. The largest absolute Gasteiger partial charge is 0.417 e. The average Bonchev–Trinajstić information content (AvgIpc) is 2.15. The molecule has 16 heavy (non-hydrogen) atoms. The van der Waals surface area contributed by atoms with E-state index < -0.39 is 17.5 Å². The summed E-state index contributed by atoms with van der Waals surface area (Å²) in [6.45, 7) is 1.17. The summed E-state index contributed by atoms with van der Waals surface area (Å²) in [5.74, 6) is -0.494. The summed E-state index contributed by atoms with van der Waals surface area (Å²) in [6.07, 6.45) is -4.56. The normalized spacial score (nSPS) is 11.0. The van der Waals surface area contributed by atoms with Crippen molar-refractivity contribution in [1.82, 2.24) is 0 Å². The van der Waals surface area contributed by atoms with Gasteiger partial charge in [0.1, 0.15) is 0 Å². The molecule has 0 amide bonds. The molecule has 0 fully saturated rings. The fourth-order valence-electron chi connectivity index (χ4n) is 1.15. The number of hydrogen-bond acceptors (Lipinski definition) is 2. The van der Waals surface area contributed by atoms with Crippen LogP contribution in [-0.4, -0.2) is 5.78 Å². The van der Waals surface area contributed by atoms with Gasteiger partial charge in [0.25, 0.3) is 0 Å². The maximum Gasteiger partial charge on any atom is 0.417 e. The summed E-state index contributed by atoms with van der Waals surface area (Å²) in [5.41, 5.74) is -1.19. The smallest absolute Gasteiger partial charge is 0.294 e. The molecule has 84 valence electrons. The van der Waals surface area contributed by atoms with Crippen LogP contribution in [0, 0.1) is 14.9 Å². The minimum Gasteiger partial charge on any atom is -0.294 e. The molecule has 0 saturated heterocycles. The number of nitrogens with zero attached hydrogens (tertiary/aromatic N) is 1. The molecule has 1 aromatic rings. The topological polar surface area (TPSA) is 40.9 Å². The lowest BCUT2D eigenvalue weighted by atomic mass is 10.0. The highest BCUT2D eigenvalue weighted by molar-refractivity contribution is 14.1. The number of benzene rings is 1. The van der Waals surface area contributed by atoms with Crippen molar-refractivity contribution >= 4 is 28.4 Å². The van der Waals surface area contributed by atoms with E-state index in [2.05, 4.69) is 0 Å². The second-order valence-electron chi connectivity index (χ2n) is 3.05. The van der Waals surface area contributed by atoms with Crippen LogP contribution in [0.3, 0.4) is 0 Å². The molecule has 0 unspecified atom stereocenters. The number of halogens is 4. The second kappa shape index (κ2) is 4.41. The first kappa shape index (κ1) is 13.0. The van der Waals surface area contributed by atoms with Crippen molar-refractivity contribution in [3.63, 3.8) is 0 Å². The molecule has 1 rings (SSSR count). The van der Waals surface area contributed by atoms with Crippen LogP contribution in [0.15, 0.2) is 12.1 Å². The van der Waals surface area contributed by atoms with E-state index in [0.29, 0.717) is 0 Å². The van der Waals surface area contributed by atoms with Crippen molar-refractivity contribution in [3.8, 4) is 6.07 Å². The molecule has 0 atom stereocenters. The van der Waals surface area contributed by atoms with Crippen LogP contribution in [0.4, 0.5) is 13.2 Å². The van der Waals surface area contributed by atoms with E-state index in [1.165, 1.54) is 35.6 Å². The lowest BCUT2D eigenvalue weighted by Gasteiger charge is -2.11. The van der Waals surface area contributed by atoms with Gasteiger partial charge in [-0.15, -0.1) is 0 Å². The molecule has 0 spiro atoms. The van der Waals surface area contributed by atoms with Crippen molar-refractivity contribution in [1.29, 1.82) is 5.26 Å². The maximum absolute atomic E-state index is 12.6. The van der Waals surface area contributed by atoms with E-state index in [1.807, 2.05) is 0 Å². The molecule has 0 radical (unpaired) electrons. The molecule has 1 aromatic carbocycles. The third kappa shape index (κ3) is 2.52. The number of Topliss-reactive ketones (excluding diaryl/α,β-unsaturated/α-hetero) is 1. The molecule has 0 heterocycles. The van der Waals surface area contributed by atoms with Crippen molar-refractivity contribution < 1.29 is 18.0 Å². The quantitative estimate of drug-likeness (QED) is 0.581. The summed E-state index contributed by atoms with van der Waals surface area (Å²) in [4.78, 5) is 11.1. The lowest BCUT2D eigenvalue weighted by molar-refractivity contribution is -0.138. The van der Waals surface area contributed by atoms with Gasteiger partial charge in [0, 0.05) is 9.13 Å². The molecule has 0 N–H and O–H groups in total. The Hall–Kier alpha value is -1.10. The van der Waals surface area contributed by atoms with E-state index in [4.69, 9.17) is 5.26 Å². The van der Waals surface area contributed by atoms with E-state index >= 15 is 0 Å². The standard InChI is InChI=1S/C10H5F3INO/c1-5(16)7-2-6(4-15)3-8(9(7)14)10(11,12)13/h2-3H,1H3. The van der Waals surface area contributed by atoms with Gasteiger partial charge in [-0.3, -0.25) is 4.79 Å². The van der Waals surface area contributed by atoms with Crippen molar-refractivity contribution in [2.24, 2.45) is 0 Å². The number of ketones is 1. The Morgan fingerprint density at radius 1 is 1.44 bits per heavy atom. The van der Waals surface area contributed by atoms with E-state index in [9.17, 15) is 18.0 Å². The van der Waals surface area contributed by atoms with Gasteiger partial charge in [-0.05, 0) is 41.6 Å². The Morgan fingerprint density at radius 3 is 2.38 bits per heavy atom. The van der Waals surface area contributed by atoms with Crippen LogP contribution in [0.1, 0.15) is 28.4 Å². The fraction of sp³-hybridized carbons (Fsp3) is 0.200. The number of carbonyl (C=O) groups is 1. The zero-order chi connectivity index (χ0) is 12.5. The van der Waals surface area contributed by atoms with Gasteiger partial charge in [0.2, 0.25) is 0 Å². The number of hydrogen-bond donors (Lipinski definition) is 0. The Kier molecular flexibility index (Phi) is 3.57. The first-order chi connectivity index (χ1) is 7.27. The monoisotopic (exact) mass is 339 g/mol.